The molecule has 0 aromatic carbocycles. The predicted octanol–water partition coefficient (Wildman–Crippen LogP) is 7.17. The topological polar surface area (TPSA) is 0 Å². The van der Waals surface area contributed by atoms with E-state index in [2.05, 4.69) is 66.5 Å². The Balaban J connectivity index is 0. The molecule has 0 aliphatic carbocycles. The summed E-state index contributed by atoms with van der Waals surface area (Å²) < 4.78 is 0. The van der Waals surface area contributed by atoms with E-state index in [0.717, 1.165) is 18.3 Å². The molecule has 0 bridgehead atoms. The van der Waals surface area contributed by atoms with Gasteiger partial charge >= 0.3 is 0 Å². The Morgan fingerprint density at radius 3 is 1.86 bits per heavy atom. The Morgan fingerprint density at radius 2 is 1.52 bits per heavy atom. The monoisotopic (exact) mass is 290 g/mol. The van der Waals surface area contributed by atoms with E-state index in [1.165, 1.54) is 43.3 Å². The van der Waals surface area contributed by atoms with E-state index < -0.39 is 0 Å². The third kappa shape index (κ3) is 15.3. The second kappa shape index (κ2) is 15.4. The number of allylic oxidation sites excluding steroid dienone is 4. The predicted molar refractivity (Wildman–Crippen MR) is 99.4 cm³/mol. The average Bonchev–Trinajstić information content (AvgIpc) is 2.48. The van der Waals surface area contributed by atoms with E-state index >= 15 is 0 Å². The third-order valence-corrected chi connectivity index (χ3v) is 4.18. The van der Waals surface area contributed by atoms with E-state index in [-0.39, 0.29) is 0 Å². The highest BCUT2D eigenvalue weighted by molar-refractivity contribution is 5.23. The van der Waals surface area contributed by atoms with E-state index in [4.69, 9.17) is 6.42 Å². The molecule has 0 saturated heterocycles. The zero-order valence-corrected chi connectivity index (χ0v) is 15.6. The molecule has 122 valence electrons. The minimum atomic E-state index is 0.760. The van der Waals surface area contributed by atoms with Crippen LogP contribution >= 0.6 is 0 Å². The fourth-order valence-corrected chi connectivity index (χ4v) is 1.92. The lowest BCUT2D eigenvalue weighted by atomic mass is 9.98. The highest BCUT2D eigenvalue weighted by atomic mass is 14.1. The zero-order valence-electron chi connectivity index (χ0n) is 15.6. The molecule has 0 aliphatic rings. The van der Waals surface area contributed by atoms with Crippen LogP contribution in [0.4, 0.5) is 0 Å². The molecule has 0 heterocycles. The normalized spacial score (nSPS) is 12.2. The molecule has 0 rings (SSSR count). The quantitative estimate of drug-likeness (QED) is 0.328. The lowest BCUT2D eigenvalue weighted by Gasteiger charge is -2.08. The molecule has 0 fully saturated rings. The van der Waals surface area contributed by atoms with Gasteiger partial charge in [0.2, 0.25) is 0 Å². The van der Waals surface area contributed by atoms with E-state index in [1.54, 1.807) is 0 Å². The van der Waals surface area contributed by atoms with E-state index in [0.29, 0.717) is 0 Å². The average molecular weight is 291 g/mol. The molecular formula is C21H38. The zero-order chi connectivity index (χ0) is 16.7. The van der Waals surface area contributed by atoms with Crippen molar-refractivity contribution in [1.29, 1.82) is 0 Å². The van der Waals surface area contributed by atoms with Gasteiger partial charge in [-0.3, -0.25) is 0 Å². The van der Waals surface area contributed by atoms with Gasteiger partial charge in [-0.2, -0.15) is 0 Å². The van der Waals surface area contributed by atoms with Crippen LogP contribution in [-0.2, 0) is 0 Å². The van der Waals surface area contributed by atoms with Crippen LogP contribution < -0.4 is 0 Å². The first-order chi connectivity index (χ1) is 9.94. The van der Waals surface area contributed by atoms with Crippen LogP contribution in [0.2, 0.25) is 0 Å². The Kier molecular flexibility index (Phi) is 16.4. The first-order valence-electron chi connectivity index (χ1n) is 8.72. The summed E-state index contributed by atoms with van der Waals surface area (Å²) in [6.07, 6.45) is 16.9. The van der Waals surface area contributed by atoms with E-state index in [1.807, 2.05) is 0 Å². The molecule has 0 nitrogen and oxygen atoms in total. The summed E-state index contributed by atoms with van der Waals surface area (Å²) in [6, 6.07) is 0. The largest absolute Gasteiger partial charge is 0.120 e. The molecule has 0 unspecified atom stereocenters. The van der Waals surface area contributed by atoms with Crippen molar-refractivity contribution < 1.29 is 0 Å². The Hall–Kier alpha value is -0.960. The van der Waals surface area contributed by atoms with Gasteiger partial charge in [0.25, 0.3) is 0 Å². The SMILES string of the molecule is C#CC/C(C)=C\C(C)=C/CC(CC)CC.CCC(C)CC. The van der Waals surface area contributed by atoms with Crippen LogP contribution in [0.15, 0.2) is 23.3 Å². The summed E-state index contributed by atoms with van der Waals surface area (Å²) in [7, 11) is 0. The molecule has 0 radical (unpaired) electrons. The summed E-state index contributed by atoms with van der Waals surface area (Å²) in [6.45, 7) is 15.5. The van der Waals surface area contributed by atoms with Gasteiger partial charge in [0.1, 0.15) is 0 Å². The second-order valence-corrected chi connectivity index (χ2v) is 6.16. The van der Waals surface area contributed by atoms with Crippen molar-refractivity contribution in [1.82, 2.24) is 0 Å². The number of terminal acetylenes is 1. The standard InChI is InChI=1S/C15H24.C6H14/c1-6-9-13(4)12-14(5)10-11-15(7-2)8-3;1-4-6(3)5-2/h1,10,12,15H,7-9,11H2,2-5H3;6H,4-5H2,1-3H3/b13-12-,14-10-;. The second-order valence-electron chi connectivity index (χ2n) is 6.16. The van der Waals surface area contributed by atoms with Gasteiger partial charge in [-0.15, -0.1) is 12.3 Å². The maximum Gasteiger partial charge on any atom is 0.0297 e. The fourth-order valence-electron chi connectivity index (χ4n) is 1.92. The van der Waals surface area contributed by atoms with Crippen LogP contribution in [-0.4, -0.2) is 0 Å². The lowest BCUT2D eigenvalue weighted by Crippen LogP contribution is -1.94. The van der Waals surface area contributed by atoms with Crippen molar-refractivity contribution in [3.05, 3.63) is 23.3 Å². The lowest BCUT2D eigenvalue weighted by molar-refractivity contribution is 0.499. The Labute approximate surface area is 135 Å². The summed E-state index contributed by atoms with van der Waals surface area (Å²) in [4.78, 5) is 0. The molecule has 0 aromatic rings. The van der Waals surface area contributed by atoms with Crippen LogP contribution in [0.5, 0.6) is 0 Å². The van der Waals surface area contributed by atoms with Crippen molar-refractivity contribution >= 4 is 0 Å². The van der Waals surface area contributed by atoms with Gasteiger partial charge in [0, 0.05) is 6.42 Å². The summed E-state index contributed by atoms with van der Waals surface area (Å²) in [5.74, 6) is 4.43. The van der Waals surface area contributed by atoms with Gasteiger partial charge in [0.05, 0.1) is 0 Å². The molecular weight excluding hydrogens is 252 g/mol. The van der Waals surface area contributed by atoms with Gasteiger partial charge < -0.3 is 0 Å². The molecule has 0 aliphatic heterocycles. The van der Waals surface area contributed by atoms with Gasteiger partial charge in [0.15, 0.2) is 0 Å². The highest BCUT2D eigenvalue weighted by Gasteiger charge is 2.00. The fraction of sp³-hybridized carbons (Fsp3) is 0.714. The number of hydrogen-bond donors (Lipinski definition) is 0. The van der Waals surface area contributed by atoms with Gasteiger partial charge in [-0.25, -0.2) is 0 Å². The maximum absolute atomic E-state index is 5.26. The smallest absolute Gasteiger partial charge is 0.0297 e. The van der Waals surface area contributed by atoms with Crippen molar-refractivity contribution in [3.63, 3.8) is 0 Å². The van der Waals surface area contributed by atoms with Gasteiger partial charge in [-0.05, 0) is 32.1 Å². The van der Waals surface area contributed by atoms with Crippen molar-refractivity contribution in [2.45, 2.75) is 87.0 Å². The highest BCUT2D eigenvalue weighted by Crippen LogP contribution is 2.15. The molecule has 0 spiro atoms. The molecule has 0 atom stereocenters. The third-order valence-electron chi connectivity index (χ3n) is 4.18. The van der Waals surface area contributed by atoms with Crippen molar-refractivity contribution in [2.75, 3.05) is 0 Å². The summed E-state index contributed by atoms with van der Waals surface area (Å²) >= 11 is 0. The molecule has 0 amide bonds. The first-order valence-corrected chi connectivity index (χ1v) is 8.72. The maximum atomic E-state index is 5.26. The molecule has 0 saturated carbocycles. The van der Waals surface area contributed by atoms with Crippen LogP contribution in [0.1, 0.15) is 87.0 Å². The van der Waals surface area contributed by atoms with Crippen molar-refractivity contribution in [2.24, 2.45) is 11.8 Å². The van der Waals surface area contributed by atoms with Crippen LogP contribution in [0, 0.1) is 24.2 Å². The van der Waals surface area contributed by atoms with Gasteiger partial charge in [-0.1, -0.05) is 83.6 Å². The van der Waals surface area contributed by atoms with Crippen LogP contribution in [0.25, 0.3) is 0 Å². The summed E-state index contributed by atoms with van der Waals surface area (Å²) in [5, 5.41) is 0. The number of hydrogen-bond acceptors (Lipinski definition) is 0. The number of rotatable bonds is 8. The first kappa shape index (κ1) is 22.3. The molecule has 0 aromatic heterocycles. The van der Waals surface area contributed by atoms with Crippen molar-refractivity contribution in [3.8, 4) is 12.3 Å². The molecule has 0 N–H and O–H groups in total. The minimum Gasteiger partial charge on any atom is -0.120 e. The van der Waals surface area contributed by atoms with E-state index in [9.17, 15) is 0 Å². The van der Waals surface area contributed by atoms with Crippen LogP contribution in [0.3, 0.4) is 0 Å². The minimum absolute atomic E-state index is 0.760. The summed E-state index contributed by atoms with van der Waals surface area (Å²) in [5.41, 5.74) is 2.62. The molecule has 0 heteroatoms. The Morgan fingerprint density at radius 1 is 1.00 bits per heavy atom. The Bertz CT molecular complexity index is 316. The molecule has 21 heavy (non-hydrogen) atoms.